The summed E-state index contributed by atoms with van der Waals surface area (Å²) in [4.78, 5) is 23.8. The van der Waals surface area contributed by atoms with Crippen LogP contribution in [0, 0.1) is 0 Å². The number of carbonyl (C=O) groups excluding carboxylic acids is 1. The second-order valence-electron chi connectivity index (χ2n) is 9.23. The molecule has 186 valence electrons. The zero-order valence-electron chi connectivity index (χ0n) is 19.5. The summed E-state index contributed by atoms with van der Waals surface area (Å²) in [6.07, 6.45) is 3.74. The number of benzene rings is 2. The van der Waals surface area contributed by atoms with Crippen LogP contribution in [-0.2, 0) is 16.8 Å². The maximum atomic E-state index is 13.6. The van der Waals surface area contributed by atoms with Gasteiger partial charge in [-0.05, 0) is 48.4 Å². The van der Waals surface area contributed by atoms with Gasteiger partial charge in [0.25, 0.3) is 5.91 Å². The lowest BCUT2D eigenvalue weighted by atomic mass is 9.74. The number of likely N-dealkylation sites (N-methyl/N-ethyl adjacent to an activating group) is 1. The number of rotatable bonds is 5. The summed E-state index contributed by atoms with van der Waals surface area (Å²) in [5.41, 5.74) is 6.77. The van der Waals surface area contributed by atoms with Crippen molar-refractivity contribution in [1.29, 1.82) is 0 Å². The number of nitrogens with zero attached hydrogens (tertiary/aromatic N) is 3. The quantitative estimate of drug-likeness (QED) is 0.532. The lowest BCUT2D eigenvalue weighted by molar-refractivity contribution is -0.133. The molecule has 2 atom stereocenters. The maximum Gasteiger partial charge on any atom is 0.387 e. The summed E-state index contributed by atoms with van der Waals surface area (Å²) in [5, 5.41) is 0.487. The fourth-order valence-electron chi connectivity index (χ4n) is 4.98. The molecule has 36 heavy (non-hydrogen) atoms. The van der Waals surface area contributed by atoms with Gasteiger partial charge in [0.05, 0.1) is 5.02 Å². The van der Waals surface area contributed by atoms with Gasteiger partial charge in [0.2, 0.25) is 0 Å². The number of carbonyl (C=O) groups is 1. The van der Waals surface area contributed by atoms with E-state index in [-0.39, 0.29) is 24.0 Å². The van der Waals surface area contributed by atoms with Gasteiger partial charge < -0.3 is 15.2 Å². The van der Waals surface area contributed by atoms with Crippen molar-refractivity contribution in [3.63, 3.8) is 0 Å². The van der Waals surface area contributed by atoms with Crippen molar-refractivity contribution in [2.75, 3.05) is 7.05 Å². The topological polar surface area (TPSA) is 90.0 Å². The summed E-state index contributed by atoms with van der Waals surface area (Å²) in [5.74, 6) is 0.377. The number of hydrogen-bond acceptors (Lipinski definition) is 6. The monoisotopic (exact) mass is 512 g/mol. The Morgan fingerprint density at radius 3 is 2.69 bits per heavy atom. The molecule has 2 aliphatic rings. The number of guanidine groups is 1. The van der Waals surface area contributed by atoms with Crippen molar-refractivity contribution < 1.29 is 23.0 Å². The molecule has 0 bridgehead atoms. The predicted octanol–water partition coefficient (Wildman–Crippen LogP) is 4.77. The Labute approximate surface area is 211 Å². The summed E-state index contributed by atoms with van der Waals surface area (Å²) in [6.45, 7) is -1.06. The second kappa shape index (κ2) is 8.74. The number of pyridine rings is 1. The first-order valence-corrected chi connectivity index (χ1v) is 11.6. The van der Waals surface area contributed by atoms with Gasteiger partial charge in [0.1, 0.15) is 17.1 Å². The van der Waals surface area contributed by atoms with E-state index in [0.29, 0.717) is 28.3 Å². The van der Waals surface area contributed by atoms with Gasteiger partial charge in [-0.3, -0.25) is 14.7 Å². The molecule has 0 fully saturated rings. The van der Waals surface area contributed by atoms with Crippen LogP contribution in [0.1, 0.15) is 24.5 Å². The molecule has 0 saturated heterocycles. The molecule has 1 amide bonds. The lowest BCUT2D eigenvalue weighted by Gasteiger charge is -2.43. The van der Waals surface area contributed by atoms with Crippen LogP contribution in [0.15, 0.2) is 65.9 Å². The number of aromatic nitrogens is 1. The molecular weight excluding hydrogens is 490 g/mol. The molecule has 0 radical (unpaired) electrons. The zero-order chi connectivity index (χ0) is 25.7. The minimum Gasteiger partial charge on any atom is -0.487 e. The molecule has 2 aromatic carbocycles. The number of fused-ring (bicyclic) bond motifs is 2. The summed E-state index contributed by atoms with van der Waals surface area (Å²) < 4.78 is 36.4. The van der Waals surface area contributed by atoms with E-state index in [4.69, 9.17) is 22.1 Å². The highest BCUT2D eigenvalue weighted by Gasteiger charge is 2.56. The number of halogens is 3. The van der Waals surface area contributed by atoms with Crippen LogP contribution in [0.3, 0.4) is 0 Å². The van der Waals surface area contributed by atoms with Gasteiger partial charge in [-0.15, -0.1) is 0 Å². The predicted molar refractivity (Wildman–Crippen MR) is 131 cm³/mol. The maximum absolute atomic E-state index is 13.6. The van der Waals surface area contributed by atoms with Crippen molar-refractivity contribution in [2.24, 2.45) is 10.7 Å². The van der Waals surface area contributed by atoms with E-state index in [2.05, 4.69) is 14.7 Å². The lowest BCUT2D eigenvalue weighted by Crippen LogP contribution is -2.51. The molecule has 5 rings (SSSR count). The Bertz CT molecular complexity index is 1380. The highest BCUT2D eigenvalue weighted by Crippen LogP contribution is 2.50. The van der Waals surface area contributed by atoms with Gasteiger partial charge in [-0.1, -0.05) is 29.8 Å². The number of amides is 1. The standard InChI is InChI=1S/C26H23ClF2N4O3/c1-25(11-15-4-3-5-19(8-15)35-23(28)29)14-26(22(34)33(2)24(30)32-26)20-10-16(6-7-21(20)36-25)17-9-18(27)13-31-12-17/h3-10,12-13,23H,11,14H2,1-2H3,(H2,30,32). The minimum absolute atomic E-state index is 0.0516. The Kier molecular flexibility index (Phi) is 5.83. The molecule has 0 saturated carbocycles. The van der Waals surface area contributed by atoms with Gasteiger partial charge in [0.15, 0.2) is 11.5 Å². The van der Waals surface area contributed by atoms with E-state index in [1.807, 2.05) is 19.1 Å². The van der Waals surface area contributed by atoms with Crippen molar-refractivity contribution >= 4 is 23.5 Å². The molecule has 7 nitrogen and oxygen atoms in total. The first-order chi connectivity index (χ1) is 17.1. The van der Waals surface area contributed by atoms with Gasteiger partial charge >= 0.3 is 6.61 Å². The van der Waals surface area contributed by atoms with Crippen molar-refractivity contribution in [1.82, 2.24) is 9.88 Å². The largest absolute Gasteiger partial charge is 0.487 e. The summed E-state index contributed by atoms with van der Waals surface area (Å²) in [6, 6.07) is 13.7. The molecule has 1 aromatic heterocycles. The first-order valence-electron chi connectivity index (χ1n) is 11.2. The number of hydrogen-bond donors (Lipinski definition) is 1. The molecule has 0 aliphatic carbocycles. The van der Waals surface area contributed by atoms with Crippen LogP contribution in [0.2, 0.25) is 5.02 Å². The third-order valence-corrected chi connectivity index (χ3v) is 6.67. The second-order valence-corrected chi connectivity index (χ2v) is 9.67. The van der Waals surface area contributed by atoms with Crippen LogP contribution in [0.5, 0.6) is 11.5 Å². The Balaban J connectivity index is 1.58. The van der Waals surface area contributed by atoms with E-state index in [1.54, 1.807) is 49.8 Å². The Morgan fingerprint density at radius 1 is 1.19 bits per heavy atom. The van der Waals surface area contributed by atoms with E-state index in [0.717, 1.165) is 11.1 Å². The van der Waals surface area contributed by atoms with Crippen LogP contribution in [-0.4, -0.2) is 41.0 Å². The fraction of sp³-hybridized carbons (Fsp3) is 0.269. The molecule has 3 aromatic rings. The molecular formula is C26H23ClF2N4O3. The van der Waals surface area contributed by atoms with Crippen LogP contribution in [0.4, 0.5) is 8.78 Å². The van der Waals surface area contributed by atoms with Crippen LogP contribution < -0.4 is 15.2 Å². The highest BCUT2D eigenvalue weighted by molar-refractivity contribution is 6.30. The summed E-state index contributed by atoms with van der Waals surface area (Å²) in [7, 11) is 1.58. The van der Waals surface area contributed by atoms with Gasteiger partial charge in [-0.25, -0.2) is 4.99 Å². The van der Waals surface area contributed by atoms with Crippen molar-refractivity contribution in [3.8, 4) is 22.6 Å². The van der Waals surface area contributed by atoms with Gasteiger partial charge in [-0.2, -0.15) is 8.78 Å². The molecule has 2 aliphatic heterocycles. The minimum atomic E-state index is -2.93. The van der Waals surface area contributed by atoms with Crippen molar-refractivity contribution in [3.05, 3.63) is 77.1 Å². The van der Waals surface area contributed by atoms with E-state index in [9.17, 15) is 13.6 Å². The fourth-order valence-corrected chi connectivity index (χ4v) is 5.16. The Morgan fingerprint density at radius 2 is 2.00 bits per heavy atom. The first kappa shape index (κ1) is 24.0. The molecule has 10 heteroatoms. The SMILES string of the molecule is CN1C(=O)C2(CC(C)(Cc3cccc(OC(F)F)c3)Oc3ccc(-c4cncc(Cl)c4)cc32)N=C1N. The molecule has 2 unspecified atom stereocenters. The average molecular weight is 513 g/mol. The van der Waals surface area contributed by atoms with E-state index >= 15 is 0 Å². The Hall–Kier alpha value is -3.72. The van der Waals surface area contributed by atoms with E-state index in [1.165, 1.54) is 11.0 Å². The number of nitrogens with two attached hydrogens (primary N) is 1. The van der Waals surface area contributed by atoms with Crippen molar-refractivity contribution in [2.45, 2.75) is 37.5 Å². The number of aliphatic imine (C=N–C) groups is 1. The zero-order valence-corrected chi connectivity index (χ0v) is 20.3. The van der Waals surface area contributed by atoms with Crippen LogP contribution >= 0.6 is 11.6 Å². The van der Waals surface area contributed by atoms with Crippen LogP contribution in [0.25, 0.3) is 11.1 Å². The smallest absolute Gasteiger partial charge is 0.387 e. The molecule has 2 N–H and O–H groups in total. The third kappa shape index (κ3) is 4.24. The average Bonchev–Trinajstić information content (AvgIpc) is 3.02. The highest BCUT2D eigenvalue weighted by atomic mass is 35.5. The number of alkyl halides is 2. The summed E-state index contributed by atoms with van der Waals surface area (Å²) >= 11 is 6.14. The molecule has 1 spiro atoms. The molecule has 3 heterocycles. The van der Waals surface area contributed by atoms with Gasteiger partial charge in [0, 0.05) is 43.4 Å². The van der Waals surface area contributed by atoms with E-state index < -0.39 is 17.8 Å². The third-order valence-electron chi connectivity index (χ3n) is 6.46. The normalized spacial score (nSPS) is 23.0. The number of ether oxygens (including phenoxy) is 2.